The smallest absolute Gasteiger partial charge is 0.0937 e. The number of nitrogens with one attached hydrogen (secondary N) is 1. The molecule has 92 valence electrons. The Bertz CT molecular complexity index is 230. The first-order valence-corrected chi connectivity index (χ1v) is 6.43. The summed E-state index contributed by atoms with van der Waals surface area (Å²) in [6.45, 7) is 4.29. The minimum absolute atomic E-state index is 0.332. The van der Waals surface area contributed by atoms with Crippen LogP contribution in [0, 0.1) is 11.3 Å². The van der Waals surface area contributed by atoms with Crippen molar-refractivity contribution in [2.75, 3.05) is 26.2 Å². The summed E-state index contributed by atoms with van der Waals surface area (Å²) in [7, 11) is 0. The molecule has 2 rings (SSSR count). The first-order valence-electron chi connectivity index (χ1n) is 6.43. The lowest BCUT2D eigenvalue weighted by molar-refractivity contribution is 0.0873. The zero-order valence-electron chi connectivity index (χ0n) is 9.95. The Hall–Kier alpha value is -0.610. The summed E-state index contributed by atoms with van der Waals surface area (Å²) in [5.41, 5.74) is 5.53. The van der Waals surface area contributed by atoms with Gasteiger partial charge >= 0.3 is 0 Å². The molecule has 1 atom stereocenters. The van der Waals surface area contributed by atoms with Crippen molar-refractivity contribution in [2.45, 2.75) is 38.2 Å². The van der Waals surface area contributed by atoms with E-state index in [2.05, 4.69) is 4.90 Å². The molecule has 0 spiro atoms. The molecule has 4 heteroatoms. The Morgan fingerprint density at radius 1 is 1.31 bits per heavy atom. The lowest BCUT2D eigenvalue weighted by Crippen LogP contribution is -2.39. The molecule has 16 heavy (non-hydrogen) atoms. The molecule has 2 aliphatic heterocycles. The summed E-state index contributed by atoms with van der Waals surface area (Å²) in [6, 6.07) is 0. The fourth-order valence-corrected chi connectivity index (χ4v) is 2.67. The molecule has 0 aromatic heterocycles. The number of nitrogens with two attached hydrogens (primary N) is 1. The van der Waals surface area contributed by atoms with Gasteiger partial charge in [0.15, 0.2) is 0 Å². The van der Waals surface area contributed by atoms with E-state index in [4.69, 9.17) is 15.9 Å². The fourth-order valence-electron chi connectivity index (χ4n) is 2.67. The van der Waals surface area contributed by atoms with Crippen molar-refractivity contribution >= 4 is 5.84 Å². The van der Waals surface area contributed by atoms with Crippen LogP contribution in [0.4, 0.5) is 0 Å². The van der Waals surface area contributed by atoms with Gasteiger partial charge in [-0.2, -0.15) is 0 Å². The molecule has 0 saturated carbocycles. The van der Waals surface area contributed by atoms with Gasteiger partial charge in [-0.25, -0.2) is 0 Å². The van der Waals surface area contributed by atoms with Crippen LogP contribution in [0.1, 0.15) is 32.1 Å². The van der Waals surface area contributed by atoms with Crippen molar-refractivity contribution in [1.82, 2.24) is 4.90 Å². The van der Waals surface area contributed by atoms with Crippen molar-refractivity contribution in [1.29, 1.82) is 5.41 Å². The highest BCUT2D eigenvalue weighted by Gasteiger charge is 2.22. The quantitative estimate of drug-likeness (QED) is 0.558. The van der Waals surface area contributed by atoms with Crippen LogP contribution in [0.2, 0.25) is 0 Å². The van der Waals surface area contributed by atoms with E-state index in [1.807, 2.05) is 0 Å². The predicted molar refractivity (Wildman–Crippen MR) is 64.7 cm³/mol. The molecule has 0 aromatic rings. The second kappa shape index (κ2) is 5.64. The summed E-state index contributed by atoms with van der Waals surface area (Å²) >= 11 is 0. The molecule has 2 aliphatic rings. The van der Waals surface area contributed by atoms with Crippen LogP contribution in [0.3, 0.4) is 0 Å². The third-order valence-corrected chi connectivity index (χ3v) is 3.82. The maximum Gasteiger partial charge on any atom is 0.0937 e. The number of piperidine rings is 1. The molecule has 1 unspecified atom stereocenters. The van der Waals surface area contributed by atoms with Crippen molar-refractivity contribution < 1.29 is 4.74 Å². The van der Waals surface area contributed by atoms with E-state index in [9.17, 15) is 0 Å². The monoisotopic (exact) mass is 225 g/mol. The van der Waals surface area contributed by atoms with Gasteiger partial charge < -0.3 is 15.4 Å². The second-order valence-corrected chi connectivity index (χ2v) is 4.99. The van der Waals surface area contributed by atoms with Crippen molar-refractivity contribution in [2.24, 2.45) is 11.7 Å². The molecule has 2 saturated heterocycles. The highest BCUT2D eigenvalue weighted by molar-refractivity contribution is 5.79. The Labute approximate surface area is 97.6 Å². The first kappa shape index (κ1) is 11.9. The van der Waals surface area contributed by atoms with Gasteiger partial charge in [-0.3, -0.25) is 5.41 Å². The molecule has 3 N–H and O–H groups in total. The van der Waals surface area contributed by atoms with Crippen LogP contribution in [-0.2, 0) is 4.74 Å². The third-order valence-electron chi connectivity index (χ3n) is 3.82. The minimum Gasteiger partial charge on any atom is -0.387 e. The molecule has 0 aliphatic carbocycles. The van der Waals surface area contributed by atoms with Gasteiger partial charge in [0.25, 0.3) is 0 Å². The Balaban J connectivity index is 1.63. The SMILES string of the molecule is N=C(N)C1CCN(CCC2CCCO2)CC1. The van der Waals surface area contributed by atoms with Crippen LogP contribution in [0.5, 0.6) is 0 Å². The highest BCUT2D eigenvalue weighted by atomic mass is 16.5. The van der Waals surface area contributed by atoms with Gasteiger partial charge in [-0.1, -0.05) is 0 Å². The number of hydrogen-bond acceptors (Lipinski definition) is 3. The maximum absolute atomic E-state index is 7.43. The minimum atomic E-state index is 0.332. The summed E-state index contributed by atoms with van der Waals surface area (Å²) in [4.78, 5) is 2.49. The summed E-state index contributed by atoms with van der Waals surface area (Å²) in [6.07, 6.45) is 6.26. The zero-order chi connectivity index (χ0) is 11.4. The van der Waals surface area contributed by atoms with Crippen LogP contribution in [0.25, 0.3) is 0 Å². The van der Waals surface area contributed by atoms with Gasteiger partial charge in [0.2, 0.25) is 0 Å². The van der Waals surface area contributed by atoms with Crippen LogP contribution in [0.15, 0.2) is 0 Å². The molecule has 0 bridgehead atoms. The van der Waals surface area contributed by atoms with Gasteiger partial charge in [0.05, 0.1) is 11.9 Å². The number of rotatable bonds is 4. The lowest BCUT2D eigenvalue weighted by atomic mass is 9.95. The maximum atomic E-state index is 7.43. The van der Waals surface area contributed by atoms with Crippen molar-refractivity contribution in [3.05, 3.63) is 0 Å². The molecule has 2 fully saturated rings. The average Bonchev–Trinajstić information content (AvgIpc) is 2.80. The van der Waals surface area contributed by atoms with Gasteiger partial charge in [0, 0.05) is 19.1 Å². The van der Waals surface area contributed by atoms with E-state index in [1.165, 1.54) is 19.3 Å². The number of likely N-dealkylation sites (tertiary alicyclic amines) is 1. The molecule has 0 radical (unpaired) electrons. The third kappa shape index (κ3) is 3.19. The number of amidine groups is 1. The van der Waals surface area contributed by atoms with Crippen molar-refractivity contribution in [3.8, 4) is 0 Å². The predicted octanol–water partition coefficient (Wildman–Crippen LogP) is 1.20. The molecule has 0 aromatic carbocycles. The highest BCUT2D eigenvalue weighted by Crippen LogP contribution is 2.19. The zero-order valence-corrected chi connectivity index (χ0v) is 9.95. The summed E-state index contributed by atoms with van der Waals surface area (Å²) in [5.74, 6) is 0.706. The van der Waals surface area contributed by atoms with Crippen LogP contribution >= 0.6 is 0 Å². The van der Waals surface area contributed by atoms with E-state index >= 15 is 0 Å². The molecule has 0 amide bonds. The summed E-state index contributed by atoms with van der Waals surface area (Å²) in [5, 5.41) is 7.43. The molecular formula is C12H23N3O. The van der Waals surface area contributed by atoms with Crippen LogP contribution < -0.4 is 5.73 Å². The first-order chi connectivity index (χ1) is 7.75. The van der Waals surface area contributed by atoms with Gasteiger partial charge in [0.1, 0.15) is 0 Å². The van der Waals surface area contributed by atoms with Crippen molar-refractivity contribution in [3.63, 3.8) is 0 Å². The van der Waals surface area contributed by atoms with E-state index in [-0.39, 0.29) is 0 Å². The molecule has 4 nitrogen and oxygen atoms in total. The largest absolute Gasteiger partial charge is 0.387 e. The average molecular weight is 225 g/mol. The second-order valence-electron chi connectivity index (χ2n) is 4.99. The molecule has 2 heterocycles. The Morgan fingerprint density at radius 3 is 2.62 bits per heavy atom. The number of ether oxygens (including phenoxy) is 1. The van der Waals surface area contributed by atoms with E-state index in [0.29, 0.717) is 17.9 Å². The standard InChI is InChI=1S/C12H23N3O/c13-12(14)10-3-6-15(7-4-10)8-5-11-2-1-9-16-11/h10-11H,1-9H2,(H3,13,14). The van der Waals surface area contributed by atoms with Gasteiger partial charge in [-0.05, 0) is 45.2 Å². The summed E-state index contributed by atoms with van der Waals surface area (Å²) < 4.78 is 5.62. The van der Waals surface area contributed by atoms with E-state index in [0.717, 1.165) is 39.1 Å². The van der Waals surface area contributed by atoms with Gasteiger partial charge in [-0.15, -0.1) is 0 Å². The Kier molecular flexibility index (Phi) is 4.18. The molecular weight excluding hydrogens is 202 g/mol. The normalized spacial score (nSPS) is 28.4. The Morgan fingerprint density at radius 2 is 2.06 bits per heavy atom. The number of hydrogen-bond donors (Lipinski definition) is 2. The number of nitrogens with zero attached hydrogens (tertiary/aromatic N) is 1. The van der Waals surface area contributed by atoms with Crippen LogP contribution in [-0.4, -0.2) is 43.1 Å². The van der Waals surface area contributed by atoms with E-state index < -0.39 is 0 Å². The van der Waals surface area contributed by atoms with E-state index in [1.54, 1.807) is 0 Å². The topological polar surface area (TPSA) is 62.3 Å². The fraction of sp³-hybridized carbons (Fsp3) is 0.917. The lowest BCUT2D eigenvalue weighted by Gasteiger charge is -2.31.